The molecule has 1 saturated heterocycles. The quantitative estimate of drug-likeness (QED) is 0.823. The van der Waals surface area contributed by atoms with E-state index >= 15 is 0 Å². The second-order valence-corrected chi connectivity index (χ2v) is 4.94. The first-order chi connectivity index (χ1) is 9.06. The molecule has 1 aliphatic rings. The summed E-state index contributed by atoms with van der Waals surface area (Å²) in [5, 5.41) is 0. The Bertz CT molecular complexity index is 426. The molecule has 0 radical (unpaired) electrons. The molecule has 1 aliphatic heterocycles. The van der Waals surface area contributed by atoms with Crippen molar-refractivity contribution < 1.29 is 13.9 Å². The summed E-state index contributed by atoms with van der Waals surface area (Å²) >= 11 is 0. The van der Waals surface area contributed by atoms with Gasteiger partial charge in [-0.2, -0.15) is 0 Å². The number of piperidine rings is 1. The number of hydrogen-bond acceptors (Lipinski definition) is 2. The molecule has 0 bridgehead atoms. The van der Waals surface area contributed by atoms with Gasteiger partial charge >= 0.3 is 6.03 Å². The van der Waals surface area contributed by atoms with Gasteiger partial charge in [0, 0.05) is 40.0 Å². The largest absolute Gasteiger partial charge is 0.490 e. The fourth-order valence-corrected chi connectivity index (χ4v) is 2.15. The molecule has 0 aliphatic carbocycles. The van der Waals surface area contributed by atoms with E-state index < -0.39 is 0 Å². The zero-order valence-electron chi connectivity index (χ0n) is 11.3. The van der Waals surface area contributed by atoms with Crippen molar-refractivity contribution in [3.05, 3.63) is 30.1 Å². The van der Waals surface area contributed by atoms with Crippen LogP contribution in [0.3, 0.4) is 0 Å². The lowest BCUT2D eigenvalue weighted by Gasteiger charge is -2.33. The Balaban J connectivity index is 1.83. The summed E-state index contributed by atoms with van der Waals surface area (Å²) in [7, 11) is 3.51. The Kier molecular flexibility index (Phi) is 4.24. The number of nitrogens with zero attached hydrogens (tertiary/aromatic N) is 2. The van der Waals surface area contributed by atoms with Gasteiger partial charge in [-0.05, 0) is 24.3 Å². The van der Waals surface area contributed by atoms with Crippen molar-refractivity contribution in [2.45, 2.75) is 18.9 Å². The third kappa shape index (κ3) is 3.59. The van der Waals surface area contributed by atoms with Crippen LogP contribution in [0.2, 0.25) is 0 Å². The standard InChI is InChI=1S/C14H19FN2O2/c1-16(2)14(18)17-9-7-13(8-10-17)19-12-5-3-11(15)4-6-12/h3-6,13H,7-10H2,1-2H3. The van der Waals surface area contributed by atoms with Crippen LogP contribution in [0.5, 0.6) is 5.75 Å². The van der Waals surface area contributed by atoms with Crippen LogP contribution in [0.1, 0.15) is 12.8 Å². The van der Waals surface area contributed by atoms with E-state index in [4.69, 9.17) is 4.74 Å². The molecule has 0 saturated carbocycles. The van der Waals surface area contributed by atoms with Gasteiger partial charge in [-0.25, -0.2) is 9.18 Å². The van der Waals surface area contributed by atoms with Crippen molar-refractivity contribution in [1.29, 1.82) is 0 Å². The van der Waals surface area contributed by atoms with Crippen LogP contribution in [0.25, 0.3) is 0 Å². The number of benzene rings is 1. The van der Waals surface area contributed by atoms with E-state index in [1.54, 1.807) is 31.1 Å². The minimum Gasteiger partial charge on any atom is -0.490 e. The second kappa shape index (κ2) is 5.91. The maximum absolute atomic E-state index is 12.8. The molecular formula is C14H19FN2O2. The molecule has 2 amide bonds. The zero-order chi connectivity index (χ0) is 13.8. The number of likely N-dealkylation sites (tertiary alicyclic amines) is 1. The van der Waals surface area contributed by atoms with Crippen molar-refractivity contribution in [3.63, 3.8) is 0 Å². The molecule has 0 N–H and O–H groups in total. The van der Waals surface area contributed by atoms with Crippen molar-refractivity contribution in [3.8, 4) is 5.75 Å². The van der Waals surface area contributed by atoms with E-state index in [-0.39, 0.29) is 18.0 Å². The fourth-order valence-electron chi connectivity index (χ4n) is 2.15. The van der Waals surface area contributed by atoms with Crippen molar-refractivity contribution in [1.82, 2.24) is 9.80 Å². The number of carbonyl (C=O) groups excluding carboxylic acids is 1. The Hall–Kier alpha value is -1.78. The minimum atomic E-state index is -0.265. The van der Waals surface area contributed by atoms with E-state index in [2.05, 4.69) is 0 Å². The number of halogens is 1. The van der Waals surface area contributed by atoms with Crippen LogP contribution in [0.15, 0.2) is 24.3 Å². The highest BCUT2D eigenvalue weighted by molar-refractivity contribution is 5.73. The Morgan fingerprint density at radius 2 is 1.84 bits per heavy atom. The summed E-state index contributed by atoms with van der Waals surface area (Å²) in [4.78, 5) is 15.2. The molecule has 2 rings (SSSR count). The molecule has 0 spiro atoms. The van der Waals surface area contributed by atoms with Crippen molar-refractivity contribution in [2.75, 3.05) is 27.2 Å². The highest BCUT2D eigenvalue weighted by atomic mass is 19.1. The van der Waals surface area contributed by atoms with Gasteiger partial charge in [0.2, 0.25) is 0 Å². The molecule has 0 aromatic heterocycles. The average molecular weight is 266 g/mol. The highest BCUT2D eigenvalue weighted by Crippen LogP contribution is 2.19. The summed E-state index contributed by atoms with van der Waals surface area (Å²) in [6, 6.07) is 6.08. The lowest BCUT2D eigenvalue weighted by Crippen LogP contribution is -2.46. The Labute approximate surface area is 112 Å². The van der Waals surface area contributed by atoms with E-state index in [0.717, 1.165) is 12.8 Å². The van der Waals surface area contributed by atoms with Crippen LogP contribution >= 0.6 is 0 Å². The van der Waals surface area contributed by atoms with Crippen LogP contribution in [-0.2, 0) is 0 Å². The van der Waals surface area contributed by atoms with Gasteiger partial charge in [0.05, 0.1) is 0 Å². The molecule has 1 aromatic rings. The molecule has 0 unspecified atom stereocenters. The topological polar surface area (TPSA) is 32.8 Å². The first-order valence-corrected chi connectivity index (χ1v) is 6.44. The van der Waals surface area contributed by atoms with Crippen LogP contribution in [-0.4, -0.2) is 49.1 Å². The van der Waals surface area contributed by atoms with Crippen molar-refractivity contribution in [2.24, 2.45) is 0 Å². The smallest absolute Gasteiger partial charge is 0.319 e. The van der Waals surface area contributed by atoms with Crippen LogP contribution in [0, 0.1) is 5.82 Å². The van der Waals surface area contributed by atoms with Gasteiger partial charge in [0.25, 0.3) is 0 Å². The normalized spacial score (nSPS) is 16.3. The number of amides is 2. The molecule has 1 heterocycles. The van der Waals surface area contributed by atoms with Crippen LogP contribution < -0.4 is 4.74 Å². The van der Waals surface area contributed by atoms with Gasteiger partial charge in [-0.1, -0.05) is 0 Å². The monoisotopic (exact) mass is 266 g/mol. The highest BCUT2D eigenvalue weighted by Gasteiger charge is 2.24. The lowest BCUT2D eigenvalue weighted by molar-refractivity contribution is 0.101. The lowest BCUT2D eigenvalue weighted by atomic mass is 10.1. The minimum absolute atomic E-state index is 0.0419. The third-order valence-corrected chi connectivity index (χ3v) is 3.21. The fraction of sp³-hybridized carbons (Fsp3) is 0.500. The van der Waals surface area contributed by atoms with Crippen LogP contribution in [0.4, 0.5) is 9.18 Å². The number of rotatable bonds is 2. The molecule has 4 nitrogen and oxygen atoms in total. The Morgan fingerprint density at radius 3 is 2.37 bits per heavy atom. The molecule has 1 fully saturated rings. The van der Waals surface area contributed by atoms with E-state index in [1.807, 2.05) is 4.90 Å². The van der Waals surface area contributed by atoms with Crippen molar-refractivity contribution >= 4 is 6.03 Å². The predicted molar refractivity (Wildman–Crippen MR) is 70.7 cm³/mol. The summed E-state index contributed by atoms with van der Waals surface area (Å²) in [5.41, 5.74) is 0. The summed E-state index contributed by atoms with van der Waals surface area (Å²) in [5.74, 6) is 0.414. The number of ether oxygens (including phenoxy) is 1. The second-order valence-electron chi connectivity index (χ2n) is 4.94. The van der Waals surface area contributed by atoms with Gasteiger partial charge < -0.3 is 14.5 Å². The third-order valence-electron chi connectivity index (χ3n) is 3.21. The number of hydrogen-bond donors (Lipinski definition) is 0. The van der Waals surface area contributed by atoms with Gasteiger partial charge in [-0.15, -0.1) is 0 Å². The maximum atomic E-state index is 12.8. The molecule has 0 atom stereocenters. The summed E-state index contributed by atoms with van der Waals surface area (Å²) in [6.07, 6.45) is 1.70. The predicted octanol–water partition coefficient (Wildman–Crippen LogP) is 2.35. The molecule has 5 heteroatoms. The van der Waals surface area contributed by atoms with Gasteiger partial charge in [-0.3, -0.25) is 0 Å². The van der Waals surface area contributed by atoms with Gasteiger partial charge in [0.1, 0.15) is 17.7 Å². The first-order valence-electron chi connectivity index (χ1n) is 6.44. The molecule has 104 valence electrons. The zero-order valence-corrected chi connectivity index (χ0v) is 11.3. The van der Waals surface area contributed by atoms with E-state index in [9.17, 15) is 9.18 Å². The maximum Gasteiger partial charge on any atom is 0.319 e. The number of urea groups is 1. The molecular weight excluding hydrogens is 247 g/mol. The SMILES string of the molecule is CN(C)C(=O)N1CCC(Oc2ccc(F)cc2)CC1. The Morgan fingerprint density at radius 1 is 1.26 bits per heavy atom. The molecule has 1 aromatic carbocycles. The van der Waals surface area contributed by atoms with Gasteiger partial charge in [0.15, 0.2) is 0 Å². The number of carbonyl (C=O) groups is 1. The molecule has 19 heavy (non-hydrogen) atoms. The first kappa shape index (κ1) is 13.6. The summed E-state index contributed by atoms with van der Waals surface area (Å²) < 4.78 is 18.6. The van der Waals surface area contributed by atoms with E-state index in [1.165, 1.54) is 12.1 Å². The average Bonchev–Trinajstić information content (AvgIpc) is 2.41. The van der Waals surface area contributed by atoms with E-state index in [0.29, 0.717) is 18.8 Å². The summed E-state index contributed by atoms with van der Waals surface area (Å²) in [6.45, 7) is 1.39.